The number of anilines is 1. The van der Waals surface area contributed by atoms with Gasteiger partial charge in [0.2, 0.25) is 0 Å². The lowest BCUT2D eigenvalue weighted by Gasteiger charge is -2.16. The zero-order valence-electron chi connectivity index (χ0n) is 10.1. The van der Waals surface area contributed by atoms with Gasteiger partial charge in [0.1, 0.15) is 9.84 Å². The van der Waals surface area contributed by atoms with Crippen molar-refractivity contribution in [2.75, 3.05) is 31.3 Å². The van der Waals surface area contributed by atoms with Gasteiger partial charge in [-0.25, -0.2) is 8.42 Å². The van der Waals surface area contributed by atoms with Gasteiger partial charge in [0.05, 0.1) is 5.75 Å². The second kappa shape index (κ2) is 6.83. The average molecular weight is 279 g/mol. The van der Waals surface area contributed by atoms with E-state index in [1.54, 1.807) is 0 Å². The van der Waals surface area contributed by atoms with E-state index < -0.39 is 9.84 Å². The van der Waals surface area contributed by atoms with Crippen LogP contribution in [0.15, 0.2) is 24.3 Å². The van der Waals surface area contributed by atoms with E-state index in [1.807, 2.05) is 36.2 Å². The fourth-order valence-electron chi connectivity index (χ4n) is 1.40. The van der Waals surface area contributed by atoms with E-state index in [4.69, 9.17) is 5.73 Å². The van der Waals surface area contributed by atoms with E-state index in [9.17, 15) is 8.42 Å². The van der Waals surface area contributed by atoms with Crippen LogP contribution >= 0.6 is 12.4 Å². The van der Waals surface area contributed by atoms with E-state index >= 15 is 0 Å². The molecule has 1 aromatic carbocycles. The van der Waals surface area contributed by atoms with Crippen LogP contribution in [0.4, 0.5) is 5.69 Å². The first-order valence-electron chi connectivity index (χ1n) is 5.07. The molecule has 0 fully saturated rings. The Bertz CT molecular complexity index is 449. The summed E-state index contributed by atoms with van der Waals surface area (Å²) in [6, 6.07) is 7.61. The molecule has 2 N–H and O–H groups in total. The van der Waals surface area contributed by atoms with Crippen molar-refractivity contribution in [3.63, 3.8) is 0 Å². The summed E-state index contributed by atoms with van der Waals surface area (Å²) >= 11 is 0. The summed E-state index contributed by atoms with van der Waals surface area (Å²) in [5.74, 6) is 0.186. The first-order valence-corrected chi connectivity index (χ1v) is 7.13. The maximum absolute atomic E-state index is 11.0. The number of halogens is 1. The normalized spacial score (nSPS) is 11.2. The molecule has 0 unspecified atom stereocenters. The molecule has 0 aliphatic carbocycles. The molecule has 0 aliphatic rings. The summed E-state index contributed by atoms with van der Waals surface area (Å²) in [5.41, 5.74) is 7.49. The Morgan fingerprint density at radius 1 is 1.35 bits per heavy atom. The molecule has 98 valence electrons. The molecule has 1 rings (SSSR count). The van der Waals surface area contributed by atoms with Gasteiger partial charge in [-0.15, -0.1) is 12.4 Å². The minimum absolute atomic E-state index is 0. The zero-order valence-corrected chi connectivity index (χ0v) is 11.7. The van der Waals surface area contributed by atoms with Crippen molar-refractivity contribution in [1.29, 1.82) is 0 Å². The molecule has 0 amide bonds. The molecule has 0 aromatic heterocycles. The molecule has 0 aliphatic heterocycles. The van der Waals surface area contributed by atoms with Gasteiger partial charge in [0.25, 0.3) is 0 Å². The Kier molecular flexibility index (Phi) is 6.52. The number of hydrogen-bond acceptors (Lipinski definition) is 4. The molecule has 0 bridgehead atoms. The number of nitrogen functional groups attached to an aromatic ring is 1. The predicted octanol–water partition coefficient (Wildman–Crippen LogP) is 1.17. The minimum atomic E-state index is -2.89. The molecule has 0 radical (unpaired) electrons. The number of rotatable bonds is 5. The van der Waals surface area contributed by atoms with E-state index in [0.29, 0.717) is 13.1 Å². The summed E-state index contributed by atoms with van der Waals surface area (Å²) in [7, 11) is -0.989. The fourth-order valence-corrected chi connectivity index (χ4v) is 2.05. The monoisotopic (exact) mass is 278 g/mol. The highest BCUT2D eigenvalue weighted by atomic mass is 35.5. The number of nitrogens with zero attached hydrogens (tertiary/aromatic N) is 1. The van der Waals surface area contributed by atoms with Crippen LogP contribution in [0.5, 0.6) is 0 Å². The SMILES string of the molecule is CN(CCS(C)(=O)=O)Cc1cccc(N)c1.Cl. The lowest BCUT2D eigenvalue weighted by molar-refractivity contribution is 0.346. The number of sulfone groups is 1. The molecule has 6 heteroatoms. The van der Waals surface area contributed by atoms with E-state index in [0.717, 1.165) is 11.3 Å². The van der Waals surface area contributed by atoms with E-state index in [2.05, 4.69) is 0 Å². The Morgan fingerprint density at radius 3 is 2.53 bits per heavy atom. The average Bonchev–Trinajstić information content (AvgIpc) is 2.14. The van der Waals surface area contributed by atoms with Gasteiger partial charge in [-0.3, -0.25) is 0 Å². The van der Waals surface area contributed by atoms with Crippen LogP contribution in [0.3, 0.4) is 0 Å². The van der Waals surface area contributed by atoms with Crippen LogP contribution in [0.25, 0.3) is 0 Å². The summed E-state index contributed by atoms with van der Waals surface area (Å²) in [4.78, 5) is 1.97. The zero-order chi connectivity index (χ0) is 12.2. The maximum Gasteiger partial charge on any atom is 0.148 e. The molecule has 0 heterocycles. The quantitative estimate of drug-likeness (QED) is 0.821. The van der Waals surface area contributed by atoms with Crippen LogP contribution in [-0.2, 0) is 16.4 Å². The second-order valence-corrected chi connectivity index (χ2v) is 6.37. The van der Waals surface area contributed by atoms with Crippen molar-refractivity contribution in [1.82, 2.24) is 4.90 Å². The second-order valence-electron chi connectivity index (χ2n) is 4.11. The molecule has 17 heavy (non-hydrogen) atoms. The molecule has 0 atom stereocenters. The maximum atomic E-state index is 11.0. The molecule has 1 aromatic rings. The molecular weight excluding hydrogens is 260 g/mol. The first kappa shape index (κ1) is 16.2. The van der Waals surface area contributed by atoms with Gasteiger partial charge >= 0.3 is 0 Å². The standard InChI is InChI=1S/C11H18N2O2S.ClH/c1-13(6-7-16(2,14)15)9-10-4-3-5-11(12)8-10;/h3-5,8H,6-7,9,12H2,1-2H3;1H. The van der Waals surface area contributed by atoms with E-state index in [-0.39, 0.29) is 18.2 Å². The number of benzene rings is 1. The Morgan fingerprint density at radius 2 is 2.00 bits per heavy atom. The van der Waals surface area contributed by atoms with Crippen LogP contribution in [-0.4, -0.2) is 38.9 Å². The third kappa shape index (κ3) is 7.20. The number of nitrogens with two attached hydrogens (primary N) is 1. The highest BCUT2D eigenvalue weighted by Crippen LogP contribution is 2.08. The minimum Gasteiger partial charge on any atom is -0.399 e. The summed E-state index contributed by atoms with van der Waals surface area (Å²) in [5, 5.41) is 0. The smallest absolute Gasteiger partial charge is 0.148 e. The highest BCUT2D eigenvalue weighted by Gasteiger charge is 2.06. The molecule has 0 saturated carbocycles. The van der Waals surface area contributed by atoms with Gasteiger partial charge in [-0.05, 0) is 24.7 Å². The summed E-state index contributed by atoms with van der Waals surface area (Å²) in [6.07, 6.45) is 1.25. The number of hydrogen-bond donors (Lipinski definition) is 1. The van der Waals surface area contributed by atoms with Gasteiger partial charge in [-0.1, -0.05) is 12.1 Å². The molecule has 0 saturated heterocycles. The summed E-state index contributed by atoms with van der Waals surface area (Å²) in [6.45, 7) is 1.24. The molecule has 0 spiro atoms. The van der Waals surface area contributed by atoms with E-state index in [1.165, 1.54) is 6.26 Å². The Hall–Kier alpha value is -0.780. The van der Waals surface area contributed by atoms with Crippen molar-refractivity contribution in [3.8, 4) is 0 Å². The lowest BCUT2D eigenvalue weighted by Crippen LogP contribution is -2.24. The topological polar surface area (TPSA) is 63.4 Å². The van der Waals surface area contributed by atoms with Crippen LogP contribution < -0.4 is 5.73 Å². The van der Waals surface area contributed by atoms with Crippen molar-refractivity contribution in [2.45, 2.75) is 6.54 Å². The van der Waals surface area contributed by atoms with Crippen molar-refractivity contribution < 1.29 is 8.42 Å². The van der Waals surface area contributed by atoms with Crippen LogP contribution in [0.1, 0.15) is 5.56 Å². The Balaban J connectivity index is 0.00000256. The third-order valence-corrected chi connectivity index (χ3v) is 3.17. The first-order chi connectivity index (χ1) is 7.37. The highest BCUT2D eigenvalue weighted by molar-refractivity contribution is 7.90. The Labute approximate surface area is 109 Å². The van der Waals surface area contributed by atoms with Crippen molar-refractivity contribution >= 4 is 27.9 Å². The van der Waals surface area contributed by atoms with Gasteiger partial charge in [0, 0.05) is 25.0 Å². The molecule has 4 nitrogen and oxygen atoms in total. The third-order valence-electron chi connectivity index (χ3n) is 2.25. The van der Waals surface area contributed by atoms with Gasteiger partial charge in [-0.2, -0.15) is 0 Å². The largest absolute Gasteiger partial charge is 0.399 e. The molecular formula is C11H19ClN2O2S. The lowest BCUT2D eigenvalue weighted by atomic mass is 10.2. The fraction of sp³-hybridized carbons (Fsp3) is 0.455. The van der Waals surface area contributed by atoms with Gasteiger partial charge < -0.3 is 10.6 Å². The van der Waals surface area contributed by atoms with Crippen molar-refractivity contribution in [3.05, 3.63) is 29.8 Å². The van der Waals surface area contributed by atoms with Crippen molar-refractivity contribution in [2.24, 2.45) is 0 Å². The predicted molar refractivity (Wildman–Crippen MR) is 74.1 cm³/mol. The van der Waals surface area contributed by atoms with Gasteiger partial charge in [0.15, 0.2) is 0 Å². The summed E-state index contributed by atoms with van der Waals surface area (Å²) < 4.78 is 22.0. The van der Waals surface area contributed by atoms with Crippen LogP contribution in [0.2, 0.25) is 0 Å². The van der Waals surface area contributed by atoms with Crippen LogP contribution in [0, 0.1) is 0 Å².